The van der Waals surface area contributed by atoms with Crippen molar-refractivity contribution in [1.29, 1.82) is 5.41 Å². The highest BCUT2D eigenvalue weighted by Crippen LogP contribution is 2.33. The number of nitrogens with one attached hydrogen (secondary N) is 1. The van der Waals surface area contributed by atoms with Crippen LogP contribution in [0.25, 0.3) is 0 Å². The molecule has 0 aliphatic carbocycles. The summed E-state index contributed by atoms with van der Waals surface area (Å²) in [4.78, 5) is 14.3. The second kappa shape index (κ2) is 5.87. The lowest BCUT2D eigenvalue weighted by Gasteiger charge is -2.10. The molecule has 0 saturated carbocycles. The van der Waals surface area contributed by atoms with Crippen LogP contribution in [0.2, 0.25) is 0 Å². The maximum absolute atomic E-state index is 11.0. The van der Waals surface area contributed by atoms with Gasteiger partial charge in [-0.1, -0.05) is 0 Å². The van der Waals surface area contributed by atoms with Gasteiger partial charge in [-0.2, -0.15) is 0 Å². The number of nitrogen functional groups attached to an aromatic ring is 1. The number of nitrogens with zero attached hydrogens (tertiary/aromatic N) is 2. The van der Waals surface area contributed by atoms with Crippen LogP contribution in [0.15, 0.2) is 36.5 Å². The van der Waals surface area contributed by atoms with Gasteiger partial charge in [0.1, 0.15) is 17.3 Å². The summed E-state index contributed by atoms with van der Waals surface area (Å²) in [7, 11) is 1.35. The minimum Gasteiger partial charge on any atom is -0.490 e. The third-order valence-corrected chi connectivity index (χ3v) is 2.60. The molecule has 0 atom stereocenters. The molecule has 0 spiro atoms. The van der Waals surface area contributed by atoms with Crippen molar-refractivity contribution >= 4 is 11.5 Å². The van der Waals surface area contributed by atoms with E-state index in [1.165, 1.54) is 31.5 Å². The van der Waals surface area contributed by atoms with Crippen molar-refractivity contribution in [1.82, 2.24) is 4.98 Å². The molecule has 0 radical (unpaired) electrons. The molecule has 0 aliphatic heterocycles. The first-order valence-electron chi connectivity index (χ1n) is 5.82. The molecule has 0 aliphatic rings. The molecule has 0 saturated heterocycles. The second-order valence-electron chi connectivity index (χ2n) is 3.96. The molecule has 1 aromatic carbocycles. The summed E-state index contributed by atoms with van der Waals surface area (Å²) in [6.07, 6.45) is 1.47. The van der Waals surface area contributed by atoms with E-state index < -0.39 is 4.92 Å². The lowest BCUT2D eigenvalue weighted by Crippen LogP contribution is -2.14. The van der Waals surface area contributed by atoms with Crippen molar-refractivity contribution in [2.75, 3.05) is 7.11 Å². The van der Waals surface area contributed by atoms with Gasteiger partial charge in [0.05, 0.1) is 18.1 Å². The zero-order valence-electron chi connectivity index (χ0n) is 11.1. The fourth-order valence-corrected chi connectivity index (χ4v) is 1.68. The standard InChI is InChI=1S/C13H12N4O4/c1-20-10-5-4-8(7-9(10)17(18)19)21-11-3-2-6-16-12(11)13(14)15/h2-7H,1H3,(H3,14,15). The van der Waals surface area contributed by atoms with Gasteiger partial charge in [-0.15, -0.1) is 0 Å². The molecule has 0 unspecified atom stereocenters. The maximum Gasteiger partial charge on any atom is 0.314 e. The smallest absolute Gasteiger partial charge is 0.314 e. The Morgan fingerprint density at radius 3 is 2.76 bits per heavy atom. The Bertz CT molecular complexity index is 702. The molecular formula is C13H12N4O4. The van der Waals surface area contributed by atoms with Crippen LogP contribution < -0.4 is 15.2 Å². The average Bonchev–Trinajstić information content (AvgIpc) is 2.47. The summed E-state index contributed by atoms with van der Waals surface area (Å²) in [6, 6.07) is 7.36. The lowest BCUT2D eigenvalue weighted by atomic mass is 10.2. The molecule has 8 nitrogen and oxygen atoms in total. The zero-order chi connectivity index (χ0) is 15.4. The monoisotopic (exact) mass is 288 g/mol. The molecular weight excluding hydrogens is 276 g/mol. The summed E-state index contributed by atoms with van der Waals surface area (Å²) in [5.74, 6) is 0.335. The highest BCUT2D eigenvalue weighted by molar-refractivity contribution is 5.95. The van der Waals surface area contributed by atoms with Gasteiger partial charge in [0.25, 0.3) is 0 Å². The van der Waals surface area contributed by atoms with E-state index in [1.54, 1.807) is 12.1 Å². The van der Waals surface area contributed by atoms with Crippen LogP contribution in [0.3, 0.4) is 0 Å². The van der Waals surface area contributed by atoms with Crippen molar-refractivity contribution in [2.45, 2.75) is 0 Å². The van der Waals surface area contributed by atoms with Crippen LogP contribution in [-0.4, -0.2) is 22.9 Å². The third-order valence-electron chi connectivity index (χ3n) is 2.60. The lowest BCUT2D eigenvalue weighted by molar-refractivity contribution is -0.385. The Hall–Kier alpha value is -3.16. The molecule has 2 rings (SSSR count). The molecule has 3 N–H and O–H groups in total. The van der Waals surface area contributed by atoms with E-state index in [4.69, 9.17) is 20.6 Å². The summed E-state index contributed by atoms with van der Waals surface area (Å²) in [5.41, 5.74) is 5.35. The summed E-state index contributed by atoms with van der Waals surface area (Å²) < 4.78 is 10.4. The average molecular weight is 288 g/mol. The normalized spacial score (nSPS) is 9.95. The van der Waals surface area contributed by atoms with Crippen LogP contribution in [0.1, 0.15) is 5.69 Å². The zero-order valence-corrected chi connectivity index (χ0v) is 11.1. The Kier molecular flexibility index (Phi) is 3.98. The van der Waals surface area contributed by atoms with Gasteiger partial charge in [-0.05, 0) is 24.3 Å². The Labute approximate surface area is 119 Å². The largest absolute Gasteiger partial charge is 0.490 e. The minimum atomic E-state index is -0.569. The van der Waals surface area contributed by atoms with Crippen LogP contribution in [0, 0.1) is 15.5 Å². The minimum absolute atomic E-state index is 0.130. The molecule has 0 bridgehead atoms. The number of nitro benzene ring substituents is 1. The third kappa shape index (κ3) is 3.06. The summed E-state index contributed by atoms with van der Waals surface area (Å²) >= 11 is 0. The van der Waals surface area contributed by atoms with Gasteiger partial charge in [-0.25, -0.2) is 4.98 Å². The Balaban J connectivity index is 2.39. The Morgan fingerprint density at radius 2 is 2.14 bits per heavy atom. The van der Waals surface area contributed by atoms with Crippen molar-refractivity contribution in [2.24, 2.45) is 5.73 Å². The molecule has 21 heavy (non-hydrogen) atoms. The molecule has 0 fully saturated rings. The van der Waals surface area contributed by atoms with Crippen LogP contribution in [0.4, 0.5) is 5.69 Å². The number of nitrogens with two attached hydrogens (primary N) is 1. The van der Waals surface area contributed by atoms with Gasteiger partial charge < -0.3 is 15.2 Å². The van der Waals surface area contributed by atoms with Crippen LogP contribution >= 0.6 is 0 Å². The molecule has 1 aromatic heterocycles. The van der Waals surface area contributed by atoms with Gasteiger partial charge in [0, 0.05) is 6.20 Å². The van der Waals surface area contributed by atoms with Gasteiger partial charge in [-0.3, -0.25) is 15.5 Å². The van der Waals surface area contributed by atoms with Crippen LogP contribution in [0.5, 0.6) is 17.2 Å². The van der Waals surface area contributed by atoms with Crippen molar-refractivity contribution in [3.05, 3.63) is 52.3 Å². The van der Waals surface area contributed by atoms with E-state index in [1.807, 2.05) is 0 Å². The number of hydrogen-bond acceptors (Lipinski definition) is 6. The second-order valence-corrected chi connectivity index (χ2v) is 3.96. The highest BCUT2D eigenvalue weighted by Gasteiger charge is 2.17. The van der Waals surface area contributed by atoms with E-state index >= 15 is 0 Å². The number of nitro groups is 1. The SMILES string of the molecule is COc1ccc(Oc2cccnc2C(=N)N)cc1[N+](=O)[O-]. The molecule has 1 heterocycles. The first-order valence-corrected chi connectivity index (χ1v) is 5.82. The predicted molar refractivity (Wildman–Crippen MR) is 75.0 cm³/mol. The highest BCUT2D eigenvalue weighted by atomic mass is 16.6. The van der Waals surface area contributed by atoms with Gasteiger partial charge >= 0.3 is 5.69 Å². The number of aromatic nitrogens is 1. The van der Waals surface area contributed by atoms with E-state index in [9.17, 15) is 10.1 Å². The van der Waals surface area contributed by atoms with E-state index in [0.29, 0.717) is 0 Å². The van der Waals surface area contributed by atoms with Gasteiger partial charge in [0.2, 0.25) is 0 Å². The first kappa shape index (κ1) is 14.3. The van der Waals surface area contributed by atoms with Crippen molar-refractivity contribution in [3.63, 3.8) is 0 Å². The van der Waals surface area contributed by atoms with Crippen molar-refractivity contribution in [3.8, 4) is 17.2 Å². The number of methoxy groups -OCH3 is 1. The fourth-order valence-electron chi connectivity index (χ4n) is 1.68. The number of rotatable bonds is 5. The quantitative estimate of drug-likeness (QED) is 0.375. The van der Waals surface area contributed by atoms with Gasteiger partial charge in [0.15, 0.2) is 11.5 Å². The number of ether oxygens (including phenoxy) is 2. The Morgan fingerprint density at radius 1 is 1.38 bits per heavy atom. The molecule has 8 heteroatoms. The first-order chi connectivity index (χ1) is 10.0. The summed E-state index contributed by atoms with van der Waals surface area (Å²) in [6.45, 7) is 0. The molecule has 0 amide bonds. The van der Waals surface area contributed by atoms with E-state index in [0.717, 1.165) is 0 Å². The maximum atomic E-state index is 11.0. The van der Waals surface area contributed by atoms with Crippen molar-refractivity contribution < 1.29 is 14.4 Å². The molecule has 2 aromatic rings. The number of benzene rings is 1. The molecule has 108 valence electrons. The number of hydrogen-bond donors (Lipinski definition) is 2. The van der Waals surface area contributed by atoms with E-state index in [2.05, 4.69) is 4.98 Å². The topological polar surface area (TPSA) is 124 Å². The summed E-state index contributed by atoms with van der Waals surface area (Å²) in [5, 5.41) is 18.4. The number of pyridine rings is 1. The number of amidine groups is 1. The predicted octanol–water partition coefficient (Wildman–Crippen LogP) is 2.07. The van der Waals surface area contributed by atoms with E-state index in [-0.39, 0.29) is 34.5 Å². The fraction of sp³-hybridized carbons (Fsp3) is 0.0769. The van der Waals surface area contributed by atoms with Crippen LogP contribution in [-0.2, 0) is 0 Å².